The van der Waals surface area contributed by atoms with Crippen LogP contribution in [0.15, 0.2) is 67.0 Å². The molecule has 1 aliphatic rings. The lowest BCUT2D eigenvalue weighted by molar-refractivity contribution is 0.402. The molecular formula is C27H25F3N6O3S. The Morgan fingerprint density at radius 2 is 1.80 bits per heavy atom. The Balaban J connectivity index is 1.43. The Morgan fingerprint density at radius 3 is 2.55 bits per heavy atom. The van der Waals surface area contributed by atoms with Gasteiger partial charge in [0.05, 0.1) is 17.3 Å². The number of rotatable bonds is 9. The van der Waals surface area contributed by atoms with Gasteiger partial charge in [-0.15, -0.1) is 0 Å². The first-order valence-electron chi connectivity index (χ1n) is 12.5. The van der Waals surface area contributed by atoms with Gasteiger partial charge >= 0.3 is 0 Å². The molecule has 4 aromatic rings. The van der Waals surface area contributed by atoms with Gasteiger partial charge in [0, 0.05) is 30.5 Å². The quantitative estimate of drug-likeness (QED) is 0.222. The molecule has 0 unspecified atom stereocenters. The summed E-state index contributed by atoms with van der Waals surface area (Å²) in [7, 11) is -3.20. The van der Waals surface area contributed by atoms with E-state index in [-0.39, 0.29) is 23.0 Å². The van der Waals surface area contributed by atoms with Crippen molar-refractivity contribution in [1.29, 1.82) is 0 Å². The van der Waals surface area contributed by atoms with Crippen molar-refractivity contribution in [3.05, 3.63) is 95.6 Å². The maximum Gasteiger partial charge on any atom is 0.228 e. The highest BCUT2D eigenvalue weighted by atomic mass is 32.2. The number of hydrogen-bond acceptors (Lipinski definition) is 8. The smallest absolute Gasteiger partial charge is 0.228 e. The first-order chi connectivity index (χ1) is 19.4. The lowest BCUT2D eigenvalue weighted by Gasteiger charge is -2.23. The van der Waals surface area contributed by atoms with E-state index in [0.29, 0.717) is 17.2 Å². The molecule has 1 saturated heterocycles. The van der Waals surface area contributed by atoms with E-state index in [1.165, 1.54) is 30.5 Å². The van der Waals surface area contributed by atoms with E-state index in [1.807, 2.05) is 0 Å². The number of ether oxygens (including phenoxy) is 1. The van der Waals surface area contributed by atoms with E-state index < -0.39 is 40.1 Å². The number of thiol groups is 1. The number of nitrogens with one attached hydrogen (secondary N) is 3. The van der Waals surface area contributed by atoms with Crippen molar-refractivity contribution in [3.63, 3.8) is 0 Å². The molecule has 0 bridgehead atoms. The largest absolute Gasteiger partial charge is 0.435 e. The topological polar surface area (TPSA) is 118 Å². The predicted molar refractivity (Wildman–Crippen MR) is 143 cm³/mol. The van der Waals surface area contributed by atoms with Gasteiger partial charge in [-0.1, -0.05) is 18.2 Å². The Bertz CT molecular complexity index is 1560. The summed E-state index contributed by atoms with van der Waals surface area (Å²) in [6, 6.07) is 11.0. The second kappa shape index (κ2) is 12.4. The maximum absolute atomic E-state index is 15.3. The molecule has 208 valence electrons. The Hall–Kier alpha value is -4.07. The fourth-order valence-corrected chi connectivity index (χ4v) is 4.94. The summed E-state index contributed by atoms with van der Waals surface area (Å²) >= 11 is 0. The van der Waals surface area contributed by atoms with Crippen LogP contribution in [0, 0.1) is 17.5 Å². The van der Waals surface area contributed by atoms with Gasteiger partial charge in [0.15, 0.2) is 11.6 Å². The van der Waals surface area contributed by atoms with Gasteiger partial charge in [-0.2, -0.15) is 4.39 Å². The van der Waals surface area contributed by atoms with Crippen molar-refractivity contribution < 1.29 is 26.3 Å². The summed E-state index contributed by atoms with van der Waals surface area (Å²) in [6.45, 7) is 1.76. The minimum absolute atomic E-state index is 0.0200. The molecule has 1 aliphatic heterocycles. The highest BCUT2D eigenvalue weighted by Gasteiger charge is 2.25. The van der Waals surface area contributed by atoms with Gasteiger partial charge in [0.2, 0.25) is 28.5 Å². The predicted octanol–water partition coefficient (Wildman–Crippen LogP) is 4.12. The zero-order valence-electron chi connectivity index (χ0n) is 21.0. The van der Waals surface area contributed by atoms with Crippen molar-refractivity contribution in [2.45, 2.75) is 24.9 Å². The Morgan fingerprint density at radius 1 is 0.975 bits per heavy atom. The van der Waals surface area contributed by atoms with Crippen LogP contribution in [0.3, 0.4) is 0 Å². The third kappa shape index (κ3) is 6.38. The van der Waals surface area contributed by atoms with E-state index in [0.717, 1.165) is 38.1 Å². The average molecular weight is 571 g/mol. The fourth-order valence-electron chi connectivity index (χ4n) is 4.44. The van der Waals surface area contributed by atoms with Crippen LogP contribution < -0.4 is 20.1 Å². The van der Waals surface area contributed by atoms with E-state index in [4.69, 9.17) is 4.74 Å². The lowest BCUT2D eigenvalue weighted by atomic mass is 9.98. The van der Waals surface area contributed by atoms with Crippen LogP contribution in [-0.4, -0.2) is 42.5 Å². The van der Waals surface area contributed by atoms with E-state index in [9.17, 15) is 12.8 Å². The van der Waals surface area contributed by atoms with Crippen LogP contribution in [0.2, 0.25) is 0 Å². The summed E-state index contributed by atoms with van der Waals surface area (Å²) in [6.07, 6.45) is 5.03. The molecule has 9 nitrogen and oxygen atoms in total. The first-order valence-corrected chi connectivity index (χ1v) is 13.6. The van der Waals surface area contributed by atoms with Crippen molar-refractivity contribution in [2.24, 2.45) is 0 Å². The van der Waals surface area contributed by atoms with Crippen molar-refractivity contribution >= 4 is 16.8 Å². The second-order valence-corrected chi connectivity index (χ2v) is 9.84. The van der Waals surface area contributed by atoms with Crippen LogP contribution in [0.25, 0.3) is 11.3 Å². The van der Waals surface area contributed by atoms with Crippen LogP contribution in [-0.2, 0) is 10.9 Å². The van der Waals surface area contributed by atoms with Crippen LogP contribution >= 0.6 is 0 Å². The maximum atomic E-state index is 15.3. The number of hydrogen-bond donors (Lipinski definition) is 4. The van der Waals surface area contributed by atoms with Gasteiger partial charge in [-0.25, -0.2) is 36.9 Å². The fraction of sp³-hybridized carbons (Fsp3) is 0.222. The molecule has 0 radical (unpaired) electrons. The minimum atomic E-state index is -3.20. The molecule has 0 saturated carbocycles. The molecular weight excluding hydrogens is 545 g/mol. The molecule has 3 heterocycles. The van der Waals surface area contributed by atoms with Gasteiger partial charge in [-0.3, -0.25) is 0 Å². The molecule has 2 aromatic heterocycles. The molecule has 2 aromatic carbocycles. The zero-order chi connectivity index (χ0) is 28.1. The summed E-state index contributed by atoms with van der Waals surface area (Å²) in [5.74, 6) is -3.31. The third-order valence-electron chi connectivity index (χ3n) is 6.37. The van der Waals surface area contributed by atoms with Crippen molar-refractivity contribution in [3.8, 4) is 22.9 Å². The number of pyridine rings is 1. The third-order valence-corrected chi connectivity index (χ3v) is 6.83. The zero-order valence-corrected chi connectivity index (χ0v) is 21.9. The molecule has 0 spiro atoms. The first kappa shape index (κ1) is 27.5. The minimum Gasteiger partial charge on any atom is -0.435 e. The van der Waals surface area contributed by atoms with Gasteiger partial charge in [0.25, 0.3) is 0 Å². The van der Waals surface area contributed by atoms with E-state index >= 15 is 8.78 Å². The molecule has 0 amide bonds. The highest BCUT2D eigenvalue weighted by molar-refractivity contribution is 7.70. The van der Waals surface area contributed by atoms with Gasteiger partial charge in [-0.05, 0) is 61.3 Å². The number of piperidine rings is 1. The number of nitrogens with zero attached hydrogens (tertiary/aromatic N) is 3. The standard InChI is InChI=1S/C27H25F3N6O3S/c28-17-7-5-16(6-8-17)25(36-40(37)38)20-9-10-22(24(30)23(20)29)39-26-19(4-2-13-32-26)21-11-14-33-27(35-21)34-18-3-1-12-31-15-18/h2,4-11,13-14,18,25,31,40H,1,3,12,15H2,(H,33,34,35)(H,36,37,38)/t18-,25-/m0/s1. The summed E-state index contributed by atoms with van der Waals surface area (Å²) in [5, 5.41) is 6.61. The molecule has 40 heavy (non-hydrogen) atoms. The SMILES string of the molecule is O=[SH](=O)N[C@@H](c1ccc(F)cc1)c1ccc(Oc2ncccc2-c2ccnc(N[C@H]3CCCNC3)n2)c(F)c1F. The Kier molecular flexibility index (Phi) is 8.53. The molecule has 3 N–H and O–H groups in total. The summed E-state index contributed by atoms with van der Waals surface area (Å²) in [4.78, 5) is 13.0. The van der Waals surface area contributed by atoms with Gasteiger partial charge < -0.3 is 15.4 Å². The summed E-state index contributed by atoms with van der Waals surface area (Å²) in [5.41, 5.74) is 0.798. The van der Waals surface area contributed by atoms with Crippen molar-refractivity contribution in [1.82, 2.24) is 25.0 Å². The normalized spacial score (nSPS) is 16.1. The summed E-state index contributed by atoms with van der Waals surface area (Å²) < 4.78 is 74.7. The average Bonchev–Trinajstić information content (AvgIpc) is 2.96. The Labute approximate surface area is 229 Å². The van der Waals surface area contributed by atoms with Crippen LogP contribution in [0.4, 0.5) is 19.1 Å². The lowest BCUT2D eigenvalue weighted by Crippen LogP contribution is -2.38. The highest BCUT2D eigenvalue weighted by Crippen LogP contribution is 2.35. The molecule has 5 rings (SSSR count). The molecule has 0 aliphatic carbocycles. The number of halogens is 3. The number of benzene rings is 2. The molecule has 2 atom stereocenters. The van der Waals surface area contributed by atoms with Gasteiger partial charge in [0.1, 0.15) is 5.82 Å². The van der Waals surface area contributed by atoms with Crippen LogP contribution in [0.5, 0.6) is 11.6 Å². The van der Waals surface area contributed by atoms with Crippen LogP contribution in [0.1, 0.15) is 30.0 Å². The monoisotopic (exact) mass is 570 g/mol. The van der Waals surface area contributed by atoms with E-state index in [1.54, 1.807) is 24.4 Å². The molecule has 1 fully saturated rings. The van der Waals surface area contributed by atoms with Crippen molar-refractivity contribution in [2.75, 3.05) is 18.4 Å². The molecule has 13 heteroatoms. The number of aromatic nitrogens is 3. The van der Waals surface area contributed by atoms with E-state index in [2.05, 4.69) is 30.3 Å². The second-order valence-electron chi connectivity index (χ2n) is 9.06. The number of anilines is 1.